The maximum absolute atomic E-state index is 13.2. The van der Waals surface area contributed by atoms with E-state index in [2.05, 4.69) is 15.2 Å². The second kappa shape index (κ2) is 8.94. The van der Waals surface area contributed by atoms with Crippen molar-refractivity contribution in [1.82, 2.24) is 24.7 Å². The van der Waals surface area contributed by atoms with Crippen molar-refractivity contribution in [3.63, 3.8) is 0 Å². The van der Waals surface area contributed by atoms with Gasteiger partial charge in [-0.05, 0) is 35.9 Å². The van der Waals surface area contributed by atoms with Crippen molar-refractivity contribution in [2.45, 2.75) is 17.5 Å². The quantitative estimate of drug-likeness (QED) is 0.264. The minimum absolute atomic E-state index is 0.107. The molecule has 0 fully saturated rings. The molecule has 3 aromatic heterocycles. The van der Waals surface area contributed by atoms with E-state index in [1.54, 1.807) is 29.1 Å². The average molecular weight is 462 g/mol. The normalized spacial score (nSPS) is 11.2. The molecule has 158 valence electrons. The molecule has 9 heteroatoms. The Bertz CT molecular complexity index is 1450. The Hall–Kier alpha value is -3.49. The Morgan fingerprint density at radius 2 is 1.84 bits per heavy atom. The molecule has 32 heavy (non-hydrogen) atoms. The Kier molecular flexibility index (Phi) is 5.70. The summed E-state index contributed by atoms with van der Waals surface area (Å²) in [4.78, 5) is 22.1. The molecule has 5 rings (SSSR count). The van der Waals surface area contributed by atoms with E-state index >= 15 is 0 Å². The number of aromatic nitrogens is 5. The molecule has 0 saturated heterocycles. The number of benzene rings is 2. The predicted octanol–water partition coefficient (Wildman–Crippen LogP) is 4.84. The van der Waals surface area contributed by atoms with Crippen molar-refractivity contribution < 1.29 is 4.42 Å². The van der Waals surface area contributed by atoms with Gasteiger partial charge >= 0.3 is 0 Å². The molecule has 0 atom stereocenters. The zero-order valence-corrected chi connectivity index (χ0v) is 18.3. The van der Waals surface area contributed by atoms with Crippen LogP contribution in [0.1, 0.15) is 11.5 Å². The highest BCUT2D eigenvalue weighted by atomic mass is 35.5. The molecule has 0 radical (unpaired) electrons. The maximum atomic E-state index is 13.2. The predicted molar refractivity (Wildman–Crippen MR) is 124 cm³/mol. The lowest BCUT2D eigenvalue weighted by Crippen LogP contribution is -2.24. The molecule has 0 aliphatic heterocycles. The summed E-state index contributed by atoms with van der Waals surface area (Å²) in [5, 5.41) is 9.90. The monoisotopic (exact) mass is 461 g/mol. The number of thioether (sulfide) groups is 1. The van der Waals surface area contributed by atoms with Gasteiger partial charge in [-0.1, -0.05) is 53.7 Å². The summed E-state index contributed by atoms with van der Waals surface area (Å²) in [6, 6.07) is 18.4. The Morgan fingerprint density at radius 3 is 2.69 bits per heavy atom. The first-order chi connectivity index (χ1) is 15.7. The van der Waals surface area contributed by atoms with Gasteiger partial charge < -0.3 is 4.42 Å². The Morgan fingerprint density at radius 1 is 1.00 bits per heavy atom. The number of fused-ring (bicyclic) bond motifs is 1. The minimum Gasteiger partial charge on any atom is -0.420 e. The van der Waals surface area contributed by atoms with Crippen LogP contribution in [0.3, 0.4) is 0 Å². The van der Waals surface area contributed by atoms with E-state index in [0.717, 1.165) is 5.56 Å². The van der Waals surface area contributed by atoms with Gasteiger partial charge in [-0.2, -0.15) is 0 Å². The number of hydrogen-bond donors (Lipinski definition) is 0. The zero-order valence-electron chi connectivity index (χ0n) is 16.7. The van der Waals surface area contributed by atoms with Gasteiger partial charge in [0.1, 0.15) is 0 Å². The van der Waals surface area contributed by atoms with E-state index in [1.165, 1.54) is 11.8 Å². The second-order valence-corrected chi connectivity index (χ2v) is 8.28. The molecular weight excluding hydrogens is 446 g/mol. The van der Waals surface area contributed by atoms with Crippen LogP contribution in [0.25, 0.3) is 22.4 Å². The summed E-state index contributed by atoms with van der Waals surface area (Å²) in [6.45, 7) is 0.363. The van der Waals surface area contributed by atoms with Crippen LogP contribution in [0.4, 0.5) is 0 Å². The van der Waals surface area contributed by atoms with Gasteiger partial charge in [-0.25, -0.2) is 4.98 Å². The lowest BCUT2D eigenvalue weighted by Gasteiger charge is -2.12. The number of para-hydroxylation sites is 1. The molecule has 7 nitrogen and oxygen atoms in total. The average Bonchev–Trinajstić information content (AvgIpc) is 3.29. The smallest absolute Gasteiger partial charge is 0.262 e. The largest absolute Gasteiger partial charge is 0.420 e. The molecule has 0 bridgehead atoms. The molecule has 0 N–H and O–H groups in total. The van der Waals surface area contributed by atoms with E-state index in [-0.39, 0.29) is 5.56 Å². The van der Waals surface area contributed by atoms with Crippen LogP contribution in [-0.4, -0.2) is 24.7 Å². The highest BCUT2D eigenvalue weighted by Gasteiger charge is 2.15. The van der Waals surface area contributed by atoms with Gasteiger partial charge in [0, 0.05) is 12.4 Å². The summed E-state index contributed by atoms with van der Waals surface area (Å²) in [6.07, 6.45) is 3.44. The van der Waals surface area contributed by atoms with Gasteiger partial charge in [-0.3, -0.25) is 14.3 Å². The van der Waals surface area contributed by atoms with E-state index in [9.17, 15) is 4.79 Å². The van der Waals surface area contributed by atoms with Crippen molar-refractivity contribution in [3.8, 4) is 11.5 Å². The standard InChI is InChI=1S/C23H16ClN5O2S/c24-18-9-3-1-7-16(18)21-28-27-20(31-21)14-32-23-26-19-10-4-2-8-17(19)22(30)29(23)13-15-6-5-11-25-12-15/h1-12H,13-14H2. The number of halogens is 1. The third-order valence-electron chi connectivity index (χ3n) is 4.79. The van der Waals surface area contributed by atoms with Crippen LogP contribution in [0.15, 0.2) is 87.4 Å². The maximum Gasteiger partial charge on any atom is 0.262 e. The van der Waals surface area contributed by atoms with Crippen LogP contribution < -0.4 is 5.56 Å². The molecule has 0 spiro atoms. The highest BCUT2D eigenvalue weighted by molar-refractivity contribution is 7.98. The van der Waals surface area contributed by atoms with Crippen LogP contribution in [0.2, 0.25) is 5.02 Å². The van der Waals surface area contributed by atoms with Crippen molar-refractivity contribution in [2.75, 3.05) is 0 Å². The van der Waals surface area contributed by atoms with E-state index in [0.29, 0.717) is 50.7 Å². The number of pyridine rings is 1. The minimum atomic E-state index is -0.107. The number of hydrogen-bond acceptors (Lipinski definition) is 7. The van der Waals surface area contributed by atoms with Crippen molar-refractivity contribution in [1.29, 1.82) is 0 Å². The van der Waals surface area contributed by atoms with Crippen molar-refractivity contribution in [3.05, 3.63) is 99.9 Å². The van der Waals surface area contributed by atoms with Crippen LogP contribution >= 0.6 is 23.4 Å². The van der Waals surface area contributed by atoms with Crippen LogP contribution in [-0.2, 0) is 12.3 Å². The highest BCUT2D eigenvalue weighted by Crippen LogP contribution is 2.28. The zero-order chi connectivity index (χ0) is 21.9. The third-order valence-corrected chi connectivity index (χ3v) is 6.08. The van der Waals surface area contributed by atoms with Gasteiger partial charge in [0.15, 0.2) is 5.16 Å². The summed E-state index contributed by atoms with van der Waals surface area (Å²) < 4.78 is 7.44. The SMILES string of the molecule is O=c1c2ccccc2nc(SCc2nnc(-c3ccccc3Cl)o2)n1Cc1cccnc1. The lowest BCUT2D eigenvalue weighted by molar-refractivity contribution is 0.528. The van der Waals surface area contributed by atoms with Crippen molar-refractivity contribution in [2.24, 2.45) is 0 Å². The Labute approximate surface area is 192 Å². The molecule has 5 aromatic rings. The molecule has 3 heterocycles. The third kappa shape index (κ3) is 4.15. The van der Waals surface area contributed by atoms with Gasteiger partial charge in [0.25, 0.3) is 5.56 Å². The van der Waals surface area contributed by atoms with Gasteiger partial charge in [0.05, 0.1) is 33.8 Å². The molecular formula is C23H16ClN5O2S. The molecule has 0 unspecified atom stereocenters. The topological polar surface area (TPSA) is 86.7 Å². The fourth-order valence-corrected chi connectivity index (χ4v) is 4.31. The summed E-state index contributed by atoms with van der Waals surface area (Å²) >= 11 is 7.59. The number of rotatable bonds is 6. The number of nitrogens with zero attached hydrogens (tertiary/aromatic N) is 5. The van der Waals surface area contributed by atoms with Crippen molar-refractivity contribution >= 4 is 34.3 Å². The van der Waals surface area contributed by atoms with E-state index < -0.39 is 0 Å². The second-order valence-electron chi connectivity index (χ2n) is 6.93. The summed E-state index contributed by atoms with van der Waals surface area (Å²) in [7, 11) is 0. The van der Waals surface area contributed by atoms with Gasteiger partial charge in [-0.15, -0.1) is 10.2 Å². The molecule has 0 aliphatic rings. The summed E-state index contributed by atoms with van der Waals surface area (Å²) in [5.41, 5.74) is 2.12. The van der Waals surface area contributed by atoms with Gasteiger partial charge in [0.2, 0.25) is 11.8 Å². The van der Waals surface area contributed by atoms with E-state index in [1.807, 2.05) is 48.5 Å². The van der Waals surface area contributed by atoms with Crippen LogP contribution in [0, 0.1) is 0 Å². The fraction of sp³-hybridized carbons (Fsp3) is 0.0870. The first kappa shape index (κ1) is 20.4. The summed E-state index contributed by atoms with van der Waals surface area (Å²) in [5.74, 6) is 1.13. The van der Waals surface area contributed by atoms with E-state index in [4.69, 9.17) is 21.0 Å². The molecule has 0 aliphatic carbocycles. The Balaban J connectivity index is 1.47. The lowest BCUT2D eigenvalue weighted by atomic mass is 10.2. The first-order valence-corrected chi connectivity index (χ1v) is 11.1. The molecule has 0 saturated carbocycles. The van der Waals surface area contributed by atoms with Crippen LogP contribution in [0.5, 0.6) is 0 Å². The molecule has 0 amide bonds. The first-order valence-electron chi connectivity index (χ1n) is 9.77. The fourth-order valence-electron chi connectivity index (χ4n) is 3.25. The molecule has 2 aromatic carbocycles.